The molecule has 2 aromatic carbocycles. The first kappa shape index (κ1) is 80.7. The molecule has 0 aliphatic carbocycles. The van der Waals surface area contributed by atoms with Gasteiger partial charge in [-0.25, -0.2) is 9.59 Å². The van der Waals surface area contributed by atoms with Gasteiger partial charge in [0.2, 0.25) is 35.4 Å². The third-order valence-corrected chi connectivity index (χ3v) is 20.6. The molecule has 548 valence electrons. The number of carbonyl (C=O) groups is 12. The summed E-state index contributed by atoms with van der Waals surface area (Å²) in [4.78, 5) is 168. The highest BCUT2D eigenvalue weighted by Crippen LogP contribution is 2.29. The molecule has 0 saturated carbocycles. The SMILES string of the molecule is CCCCNC(=O)N[C@H]1CSCc2cc(CSCCNC(O)CCC(C(=O)O)N3CCN(CC(=O)O)CCN(CC(=O)O)CC3)cc(c2)CSCC(C(=O)O)NC(=O)[C@H](Cc2ccccc2)NC(=O)[C@H](CCC(=O)O)NC(=O)[C@H]([C@@H](C)O)NC(=O)[C@@H]2CCCN2C(=O)[C@@H]2CCCN2C1=O. The lowest BCUT2D eigenvalue weighted by atomic mass is 10.0. The summed E-state index contributed by atoms with van der Waals surface area (Å²) in [6, 6.07) is 2.82. The molecule has 0 aromatic heterocycles. The van der Waals surface area contributed by atoms with Crippen molar-refractivity contribution in [3.63, 3.8) is 0 Å². The highest BCUT2D eigenvalue weighted by atomic mass is 32.2. The molecule has 0 spiro atoms. The maximum Gasteiger partial charge on any atom is 0.327 e. The summed E-state index contributed by atoms with van der Waals surface area (Å²) in [7, 11) is 0. The molecule has 34 heteroatoms. The number of carboxylic acids is 5. The molecule has 0 radical (unpaired) electrons. The number of hydrogen-bond donors (Lipinski definition) is 14. The number of carboxylic acid groups (broad SMARTS) is 5. The highest BCUT2D eigenvalue weighted by molar-refractivity contribution is 7.99. The summed E-state index contributed by atoms with van der Waals surface area (Å²) >= 11 is 4.04. The van der Waals surface area contributed by atoms with E-state index in [9.17, 15) is 93.3 Å². The average Bonchev–Trinajstić information content (AvgIpc) is 1.68. The molecule has 3 fully saturated rings. The molecular formula is C65H96N12O19S3. The molecule has 4 heterocycles. The minimum absolute atomic E-state index is 0.0235. The van der Waals surface area contributed by atoms with Crippen LogP contribution in [0.15, 0.2) is 48.5 Å². The molecule has 14 N–H and O–H groups in total. The lowest BCUT2D eigenvalue weighted by molar-refractivity contribution is -0.147. The number of nitrogens with one attached hydrogen (secondary N) is 7. The number of nitrogens with zero attached hydrogens (tertiary/aromatic N) is 5. The molecular weight excluding hydrogens is 1350 g/mol. The van der Waals surface area contributed by atoms with Gasteiger partial charge in [0.05, 0.1) is 19.2 Å². The fourth-order valence-corrected chi connectivity index (χ4v) is 15.0. The van der Waals surface area contributed by atoms with Crippen LogP contribution in [0.25, 0.3) is 0 Å². The first-order valence-electron chi connectivity index (χ1n) is 33.5. The van der Waals surface area contributed by atoms with E-state index in [-0.39, 0.29) is 115 Å². The van der Waals surface area contributed by atoms with E-state index < -0.39 is 145 Å². The zero-order chi connectivity index (χ0) is 72.1. The number of benzene rings is 2. The van der Waals surface area contributed by atoms with Crippen molar-refractivity contribution in [3.8, 4) is 0 Å². The van der Waals surface area contributed by atoms with E-state index >= 15 is 0 Å². The summed E-state index contributed by atoms with van der Waals surface area (Å²) in [5, 5.41) is 90.4. The number of amides is 8. The van der Waals surface area contributed by atoms with Gasteiger partial charge >= 0.3 is 35.9 Å². The fraction of sp³-hybridized carbons (Fsp3) is 0.631. The highest BCUT2D eigenvalue weighted by Gasteiger charge is 2.45. The second-order valence-electron chi connectivity index (χ2n) is 25.1. The Morgan fingerprint density at radius 1 is 0.646 bits per heavy atom. The Balaban J connectivity index is 1.25. The molecule has 4 aliphatic heterocycles. The molecule has 10 atom stereocenters. The third-order valence-electron chi connectivity index (χ3n) is 17.4. The molecule has 2 bridgehead atoms. The zero-order valence-corrected chi connectivity index (χ0v) is 58.3. The first-order chi connectivity index (χ1) is 47.3. The predicted molar refractivity (Wildman–Crippen MR) is 368 cm³/mol. The fourth-order valence-electron chi connectivity index (χ4n) is 12.2. The monoisotopic (exact) mass is 1440 g/mol. The number of aliphatic hydroxyl groups is 2. The Morgan fingerprint density at radius 2 is 1.24 bits per heavy atom. The van der Waals surface area contributed by atoms with Crippen LogP contribution in [0.2, 0.25) is 0 Å². The Hall–Kier alpha value is -7.31. The minimum atomic E-state index is -1.75. The van der Waals surface area contributed by atoms with Gasteiger partial charge < -0.3 is 77.4 Å². The number of fused-ring (bicyclic) bond motifs is 4. The summed E-state index contributed by atoms with van der Waals surface area (Å²) in [6.07, 6.45) is -1.38. The molecule has 4 aliphatic rings. The number of urea groups is 1. The molecule has 3 unspecified atom stereocenters. The van der Waals surface area contributed by atoms with Gasteiger partial charge in [-0.15, -0.1) is 0 Å². The summed E-state index contributed by atoms with van der Waals surface area (Å²) in [5.74, 6) is -9.66. The van der Waals surface area contributed by atoms with Crippen molar-refractivity contribution < 1.29 is 93.3 Å². The van der Waals surface area contributed by atoms with Gasteiger partial charge in [-0.3, -0.25) is 68.0 Å². The van der Waals surface area contributed by atoms with E-state index in [1.165, 1.54) is 52.0 Å². The topological polar surface area (TPSA) is 447 Å². The van der Waals surface area contributed by atoms with Crippen LogP contribution in [-0.4, -0.2) is 288 Å². The van der Waals surface area contributed by atoms with Crippen LogP contribution in [0.5, 0.6) is 0 Å². The molecule has 99 heavy (non-hydrogen) atoms. The Morgan fingerprint density at radius 3 is 1.84 bits per heavy atom. The van der Waals surface area contributed by atoms with Crippen LogP contribution < -0.4 is 37.2 Å². The van der Waals surface area contributed by atoms with E-state index in [0.29, 0.717) is 55.2 Å². The Kier molecular flexibility index (Phi) is 33.8. The van der Waals surface area contributed by atoms with Crippen LogP contribution in [0, 0.1) is 0 Å². The minimum Gasteiger partial charge on any atom is -0.481 e. The van der Waals surface area contributed by atoms with Gasteiger partial charge in [-0.1, -0.05) is 61.9 Å². The Labute approximate surface area is 587 Å². The lowest BCUT2D eigenvalue weighted by Gasteiger charge is -2.33. The van der Waals surface area contributed by atoms with Crippen molar-refractivity contribution in [1.82, 2.24) is 61.7 Å². The van der Waals surface area contributed by atoms with Gasteiger partial charge in [0.1, 0.15) is 54.6 Å². The van der Waals surface area contributed by atoms with E-state index in [2.05, 4.69) is 37.2 Å². The molecule has 8 amide bonds. The molecule has 31 nitrogen and oxygen atoms in total. The average molecular weight is 1450 g/mol. The number of rotatable bonds is 26. The third kappa shape index (κ3) is 27.0. The first-order valence-corrected chi connectivity index (χ1v) is 36.9. The zero-order valence-electron chi connectivity index (χ0n) is 55.9. The number of carbonyl (C=O) groups excluding carboxylic acids is 7. The number of aliphatic hydroxyl groups excluding tert-OH is 2. The van der Waals surface area contributed by atoms with Gasteiger partial charge in [0.25, 0.3) is 0 Å². The quantitative estimate of drug-likeness (QED) is 0.0421. The van der Waals surface area contributed by atoms with Crippen LogP contribution in [0.3, 0.4) is 0 Å². The second-order valence-corrected chi connectivity index (χ2v) is 28.2. The lowest BCUT2D eigenvalue weighted by Crippen LogP contribution is -2.61. The van der Waals surface area contributed by atoms with E-state index in [0.717, 1.165) is 23.1 Å². The summed E-state index contributed by atoms with van der Waals surface area (Å²) < 4.78 is 0. The summed E-state index contributed by atoms with van der Waals surface area (Å²) in [5.41, 5.74) is 2.95. The molecule has 3 saturated heterocycles. The van der Waals surface area contributed by atoms with Gasteiger partial charge in [0, 0.05) is 113 Å². The van der Waals surface area contributed by atoms with Gasteiger partial charge in [-0.05, 0) is 80.5 Å². The number of thioether (sulfide) groups is 3. The second kappa shape index (κ2) is 41.4. The van der Waals surface area contributed by atoms with Crippen LogP contribution >= 0.6 is 35.3 Å². The number of hydrogen-bond acceptors (Lipinski definition) is 21. The van der Waals surface area contributed by atoms with Crippen LogP contribution in [0.4, 0.5) is 4.79 Å². The van der Waals surface area contributed by atoms with Crippen LogP contribution in [0.1, 0.15) is 100 Å². The standard InChI is InChI=1S/C65H96N12O19S3/c1-3-4-18-67-65(96)71-47-38-98-36-43-29-42(35-97-28-19-66-52(79)16-15-51(64(94)95)75-26-24-73(33-54(82)83)22-23-74(25-27-75)34-55(84)85)30-44(31-43)37-99-39-48(63(92)93)70-58(87)46(32-41-10-6-5-7-11-41)69-57(86)45(14-17-53(80)81)68-60(89)56(40(2)78)72-59(88)49-12-8-20-76(49)62(91)50-13-9-21-77(50)61(47)90/h5-7,10-11,29-31,40,45-52,56,66,78-79H,3-4,8-9,12-28,32-39H2,1-2H3,(H,68,89)(H,69,86)(H,70,87)(H,72,88)(H,80,81)(H,82,83)(H,84,85)(H,92,93)(H,94,95)(H2,67,71,96)/t40-,45+,46+,47+,48?,49+,50+,51?,52?,56+/m1/s1. The van der Waals surface area contributed by atoms with Crippen molar-refractivity contribution >= 4 is 107 Å². The largest absolute Gasteiger partial charge is 0.481 e. The van der Waals surface area contributed by atoms with E-state index in [1.807, 2.05) is 25.1 Å². The van der Waals surface area contributed by atoms with Crippen molar-refractivity contribution in [2.24, 2.45) is 0 Å². The number of aliphatic carboxylic acids is 5. The van der Waals surface area contributed by atoms with Gasteiger partial charge in [0.15, 0.2) is 0 Å². The van der Waals surface area contributed by atoms with Gasteiger partial charge in [-0.2, -0.15) is 35.3 Å². The van der Waals surface area contributed by atoms with E-state index in [4.69, 9.17) is 0 Å². The van der Waals surface area contributed by atoms with E-state index in [1.54, 1.807) is 45.0 Å². The summed E-state index contributed by atoms with van der Waals surface area (Å²) in [6.45, 7) is 4.87. The molecule has 2 aromatic rings. The van der Waals surface area contributed by atoms with Crippen molar-refractivity contribution in [3.05, 3.63) is 70.8 Å². The Bertz CT molecular complexity index is 3060. The normalized spacial score (nSPS) is 23.7. The van der Waals surface area contributed by atoms with Crippen LogP contribution in [-0.2, 0) is 76.4 Å². The van der Waals surface area contributed by atoms with Crippen molar-refractivity contribution in [2.75, 3.05) is 95.8 Å². The van der Waals surface area contributed by atoms with Crippen molar-refractivity contribution in [1.29, 1.82) is 0 Å². The maximum atomic E-state index is 14.8. The number of unbranched alkanes of at least 4 members (excludes halogenated alkanes) is 1. The van der Waals surface area contributed by atoms with Crippen molar-refractivity contribution in [2.45, 2.75) is 162 Å². The molecule has 6 rings (SSSR count). The predicted octanol–water partition coefficient (Wildman–Crippen LogP) is -0.408. The smallest absolute Gasteiger partial charge is 0.327 e. The maximum absolute atomic E-state index is 14.8.